The van der Waals surface area contributed by atoms with Gasteiger partial charge in [-0.15, -0.1) is 0 Å². The highest BCUT2D eigenvalue weighted by molar-refractivity contribution is 9.10. The van der Waals surface area contributed by atoms with E-state index >= 15 is 0 Å². The zero-order chi connectivity index (χ0) is 13.1. The summed E-state index contributed by atoms with van der Waals surface area (Å²) in [6.45, 7) is 0. The lowest BCUT2D eigenvalue weighted by Crippen LogP contribution is -2.04. The van der Waals surface area contributed by atoms with E-state index in [9.17, 15) is 9.50 Å². The van der Waals surface area contributed by atoms with Gasteiger partial charge in [-0.05, 0) is 29.8 Å². The fourth-order valence-electron chi connectivity index (χ4n) is 1.75. The molecule has 0 aliphatic heterocycles. The highest BCUT2D eigenvalue weighted by atomic mass is 79.9. The van der Waals surface area contributed by atoms with E-state index in [4.69, 9.17) is 11.6 Å². The van der Waals surface area contributed by atoms with Gasteiger partial charge < -0.3 is 5.11 Å². The Morgan fingerprint density at radius 1 is 1.22 bits per heavy atom. The first-order chi connectivity index (χ1) is 8.58. The molecule has 0 aromatic heterocycles. The molecule has 0 saturated carbocycles. The molecule has 2 aromatic rings. The largest absolute Gasteiger partial charge is 0.388 e. The van der Waals surface area contributed by atoms with Crippen molar-refractivity contribution in [3.05, 3.63) is 68.9 Å². The first-order valence-electron chi connectivity index (χ1n) is 5.44. The molecule has 1 N–H and O–H groups in total. The van der Waals surface area contributed by atoms with Crippen LogP contribution in [0.25, 0.3) is 0 Å². The SMILES string of the molecule is OC(Cc1ccccc1Cl)c1cc(Br)ccc1F. The molecule has 0 bridgehead atoms. The second-order valence-corrected chi connectivity index (χ2v) is 5.30. The lowest BCUT2D eigenvalue weighted by atomic mass is 10.0. The average Bonchev–Trinajstić information content (AvgIpc) is 2.35. The van der Waals surface area contributed by atoms with Gasteiger partial charge in [0.25, 0.3) is 0 Å². The molecule has 0 heterocycles. The average molecular weight is 330 g/mol. The van der Waals surface area contributed by atoms with Crippen LogP contribution in [-0.4, -0.2) is 5.11 Å². The molecule has 0 aliphatic rings. The number of hydrogen-bond acceptors (Lipinski definition) is 1. The third kappa shape index (κ3) is 3.10. The molecule has 0 saturated heterocycles. The van der Waals surface area contributed by atoms with Gasteiger partial charge in [-0.25, -0.2) is 4.39 Å². The number of benzene rings is 2. The lowest BCUT2D eigenvalue weighted by Gasteiger charge is -2.13. The van der Waals surface area contributed by atoms with Crippen LogP contribution < -0.4 is 0 Å². The zero-order valence-corrected chi connectivity index (χ0v) is 11.7. The lowest BCUT2D eigenvalue weighted by molar-refractivity contribution is 0.173. The summed E-state index contributed by atoms with van der Waals surface area (Å²) in [6, 6.07) is 11.7. The number of hydrogen-bond donors (Lipinski definition) is 1. The van der Waals surface area contributed by atoms with Crippen LogP contribution in [0.3, 0.4) is 0 Å². The summed E-state index contributed by atoms with van der Waals surface area (Å²) in [5.74, 6) is -0.419. The molecule has 1 atom stereocenters. The van der Waals surface area contributed by atoms with Gasteiger partial charge in [0.1, 0.15) is 5.82 Å². The van der Waals surface area contributed by atoms with Gasteiger partial charge in [-0.1, -0.05) is 45.7 Å². The third-order valence-corrected chi connectivity index (χ3v) is 3.55. The van der Waals surface area contributed by atoms with Crippen molar-refractivity contribution in [2.75, 3.05) is 0 Å². The number of rotatable bonds is 3. The fourth-order valence-corrected chi connectivity index (χ4v) is 2.34. The van der Waals surface area contributed by atoms with Gasteiger partial charge in [0.15, 0.2) is 0 Å². The number of halogens is 3. The van der Waals surface area contributed by atoms with Crippen LogP contribution in [-0.2, 0) is 6.42 Å². The minimum atomic E-state index is -0.914. The summed E-state index contributed by atoms with van der Waals surface area (Å²) in [4.78, 5) is 0. The quantitative estimate of drug-likeness (QED) is 0.878. The predicted octanol–water partition coefficient (Wildman–Crippen LogP) is 4.52. The van der Waals surface area contributed by atoms with E-state index in [1.54, 1.807) is 18.2 Å². The Kier molecular flexibility index (Phi) is 4.38. The van der Waals surface area contributed by atoms with Crippen molar-refractivity contribution in [3.63, 3.8) is 0 Å². The normalized spacial score (nSPS) is 12.4. The molecule has 1 unspecified atom stereocenters. The van der Waals surface area contributed by atoms with Crippen molar-refractivity contribution in [1.82, 2.24) is 0 Å². The van der Waals surface area contributed by atoms with Crippen molar-refractivity contribution >= 4 is 27.5 Å². The summed E-state index contributed by atoms with van der Waals surface area (Å²) in [7, 11) is 0. The Balaban J connectivity index is 2.25. The molecule has 0 spiro atoms. The van der Waals surface area contributed by atoms with E-state index in [0.29, 0.717) is 5.02 Å². The second-order valence-electron chi connectivity index (χ2n) is 3.98. The Morgan fingerprint density at radius 3 is 2.67 bits per heavy atom. The minimum absolute atomic E-state index is 0.268. The van der Waals surface area contributed by atoms with Crippen LogP contribution >= 0.6 is 27.5 Å². The van der Waals surface area contributed by atoms with Crippen LogP contribution in [0.4, 0.5) is 4.39 Å². The van der Waals surface area contributed by atoms with Crippen molar-refractivity contribution in [2.45, 2.75) is 12.5 Å². The molecule has 18 heavy (non-hydrogen) atoms. The molecule has 4 heteroatoms. The molecular weight excluding hydrogens is 319 g/mol. The van der Waals surface area contributed by atoms with Crippen molar-refractivity contribution < 1.29 is 9.50 Å². The van der Waals surface area contributed by atoms with Gasteiger partial charge in [0.2, 0.25) is 0 Å². The Bertz CT molecular complexity index is 559. The van der Waals surface area contributed by atoms with Crippen molar-refractivity contribution in [3.8, 4) is 0 Å². The van der Waals surface area contributed by atoms with Crippen molar-refractivity contribution in [1.29, 1.82) is 0 Å². The van der Waals surface area contributed by atoms with Gasteiger partial charge in [0, 0.05) is 21.5 Å². The molecule has 2 aromatic carbocycles. The molecule has 0 aliphatic carbocycles. The maximum Gasteiger partial charge on any atom is 0.129 e. The van der Waals surface area contributed by atoms with Crippen LogP contribution in [0.15, 0.2) is 46.9 Å². The van der Waals surface area contributed by atoms with Gasteiger partial charge in [-0.3, -0.25) is 0 Å². The topological polar surface area (TPSA) is 20.2 Å². The first kappa shape index (κ1) is 13.5. The van der Waals surface area contributed by atoms with Crippen molar-refractivity contribution in [2.24, 2.45) is 0 Å². The summed E-state index contributed by atoms with van der Waals surface area (Å²) in [6.07, 6.45) is -0.630. The van der Waals surface area contributed by atoms with Crippen LogP contribution in [0.5, 0.6) is 0 Å². The smallest absolute Gasteiger partial charge is 0.129 e. The molecule has 1 nitrogen and oxygen atoms in total. The maximum absolute atomic E-state index is 13.6. The molecule has 2 rings (SSSR count). The van der Waals surface area contributed by atoms with Crippen LogP contribution in [0.1, 0.15) is 17.2 Å². The van der Waals surface area contributed by atoms with E-state index in [1.807, 2.05) is 18.2 Å². The molecule has 94 valence electrons. The summed E-state index contributed by atoms with van der Waals surface area (Å²) in [5.41, 5.74) is 1.07. The predicted molar refractivity (Wildman–Crippen MR) is 74.2 cm³/mol. The third-order valence-electron chi connectivity index (χ3n) is 2.69. The Hall–Kier alpha value is -0.900. The zero-order valence-electron chi connectivity index (χ0n) is 9.41. The van der Waals surface area contributed by atoms with E-state index < -0.39 is 11.9 Å². The first-order valence-corrected chi connectivity index (χ1v) is 6.61. The van der Waals surface area contributed by atoms with Gasteiger partial charge >= 0.3 is 0 Å². The van der Waals surface area contributed by atoms with E-state index in [0.717, 1.165) is 10.0 Å². The molecule has 0 radical (unpaired) electrons. The molecule has 0 fully saturated rings. The number of aliphatic hydroxyl groups is 1. The van der Waals surface area contributed by atoms with Gasteiger partial charge in [-0.2, -0.15) is 0 Å². The molecule has 0 amide bonds. The van der Waals surface area contributed by atoms with Crippen LogP contribution in [0.2, 0.25) is 5.02 Å². The highest BCUT2D eigenvalue weighted by Crippen LogP contribution is 2.26. The van der Waals surface area contributed by atoms with Gasteiger partial charge in [0.05, 0.1) is 6.10 Å². The molecular formula is C14H11BrClFO. The van der Waals surface area contributed by atoms with Crippen LogP contribution in [0, 0.1) is 5.82 Å². The van der Waals surface area contributed by atoms with E-state index in [-0.39, 0.29) is 12.0 Å². The maximum atomic E-state index is 13.6. The minimum Gasteiger partial charge on any atom is -0.388 e. The van der Waals surface area contributed by atoms with E-state index in [1.165, 1.54) is 6.07 Å². The Labute approximate surface area is 118 Å². The highest BCUT2D eigenvalue weighted by Gasteiger charge is 2.15. The monoisotopic (exact) mass is 328 g/mol. The standard InChI is InChI=1S/C14H11BrClFO/c15-10-5-6-13(17)11(8-10)14(18)7-9-3-1-2-4-12(9)16/h1-6,8,14,18H,7H2. The number of aliphatic hydroxyl groups excluding tert-OH is 1. The second kappa shape index (κ2) is 5.83. The fraction of sp³-hybridized carbons (Fsp3) is 0.143. The summed E-state index contributed by atoms with van der Waals surface area (Å²) < 4.78 is 14.3. The Morgan fingerprint density at radius 2 is 1.94 bits per heavy atom. The van der Waals surface area contributed by atoms with E-state index in [2.05, 4.69) is 15.9 Å². The summed E-state index contributed by atoms with van der Waals surface area (Å²) >= 11 is 9.27. The summed E-state index contributed by atoms with van der Waals surface area (Å²) in [5, 5.41) is 10.7.